The van der Waals surface area contributed by atoms with E-state index in [1.165, 1.54) is 16.8 Å². The number of H-pyrrole nitrogens is 1. The molecular formula is C41H53N4O8P. The molecule has 4 N–H and O–H groups in total. The lowest BCUT2D eigenvalue weighted by molar-refractivity contribution is -0.121. The van der Waals surface area contributed by atoms with E-state index in [-0.39, 0.29) is 32.0 Å². The maximum Gasteiger partial charge on any atom is 0.458 e. The smallest absolute Gasteiger partial charge is 0.413 e. The summed E-state index contributed by atoms with van der Waals surface area (Å²) in [6.45, 7) is 2.06. The number of aliphatic hydroxyl groups excluding tert-OH is 1. The summed E-state index contributed by atoms with van der Waals surface area (Å²) in [6.07, 6.45) is 26.6. The van der Waals surface area contributed by atoms with Crippen LogP contribution >= 0.6 is 7.75 Å². The molecule has 0 saturated carbocycles. The second-order valence-electron chi connectivity index (χ2n) is 12.7. The molecule has 0 bridgehead atoms. The number of benzene rings is 2. The van der Waals surface area contributed by atoms with Crippen LogP contribution in [0, 0.1) is 0 Å². The Hall–Kier alpha value is -4.58. The number of nitrogens with one attached hydrogen (secondary N) is 3. The van der Waals surface area contributed by atoms with Crippen molar-refractivity contribution in [1.29, 1.82) is 0 Å². The Morgan fingerprint density at radius 2 is 1.59 bits per heavy atom. The van der Waals surface area contributed by atoms with Crippen LogP contribution in [0.5, 0.6) is 5.75 Å². The number of aliphatic hydroxyl groups is 1. The normalized spacial score (nSPS) is 18.9. The van der Waals surface area contributed by atoms with E-state index in [0.29, 0.717) is 18.6 Å². The lowest BCUT2D eigenvalue weighted by Gasteiger charge is -2.23. The minimum Gasteiger partial charge on any atom is -0.413 e. The van der Waals surface area contributed by atoms with Crippen LogP contribution in [0.4, 0.5) is 0 Å². The van der Waals surface area contributed by atoms with Gasteiger partial charge in [0.2, 0.25) is 5.91 Å². The maximum absolute atomic E-state index is 14.1. The number of ether oxygens (including phenoxy) is 1. The third-order valence-corrected chi connectivity index (χ3v) is 9.96. The van der Waals surface area contributed by atoms with Gasteiger partial charge in [0.25, 0.3) is 5.56 Å². The number of carbonyl (C=O) groups excluding carboxylic acids is 1. The van der Waals surface area contributed by atoms with Crippen molar-refractivity contribution in [2.45, 2.75) is 83.1 Å². The summed E-state index contributed by atoms with van der Waals surface area (Å²) in [5, 5.41) is 17.9. The van der Waals surface area contributed by atoms with Crippen LogP contribution in [-0.2, 0) is 18.6 Å². The highest BCUT2D eigenvalue weighted by molar-refractivity contribution is 7.52. The summed E-state index contributed by atoms with van der Waals surface area (Å²) in [7, 11) is -4.08. The van der Waals surface area contributed by atoms with E-state index in [2.05, 4.69) is 83.1 Å². The topological polar surface area (TPSA) is 161 Å². The molecule has 1 aliphatic rings. The number of hydrogen-bond donors (Lipinski definition) is 4. The molecule has 290 valence electrons. The summed E-state index contributed by atoms with van der Waals surface area (Å²) in [4.78, 5) is 38.4. The molecule has 1 saturated heterocycles. The Balaban J connectivity index is 1.19. The van der Waals surface area contributed by atoms with Crippen molar-refractivity contribution in [2.75, 3.05) is 19.7 Å². The van der Waals surface area contributed by atoms with E-state index in [0.717, 1.165) is 49.3 Å². The van der Waals surface area contributed by atoms with Crippen LogP contribution in [0.3, 0.4) is 0 Å². The van der Waals surface area contributed by atoms with E-state index in [4.69, 9.17) is 13.8 Å². The zero-order valence-corrected chi connectivity index (χ0v) is 31.8. The van der Waals surface area contributed by atoms with Gasteiger partial charge in [-0.15, -0.1) is 0 Å². The fraction of sp³-hybridized carbons (Fsp3) is 0.390. The number of allylic oxidation sites excluding steroid dienone is 10. The lowest BCUT2D eigenvalue weighted by Crippen LogP contribution is -2.33. The number of nitrogens with zero attached hydrogens (tertiary/aromatic N) is 1. The summed E-state index contributed by atoms with van der Waals surface area (Å²) >= 11 is 0. The van der Waals surface area contributed by atoms with Gasteiger partial charge in [0.15, 0.2) is 0 Å². The average molecular weight is 761 g/mol. The van der Waals surface area contributed by atoms with Gasteiger partial charge >= 0.3 is 13.4 Å². The molecule has 0 aliphatic carbocycles. The summed E-state index contributed by atoms with van der Waals surface area (Å²) in [5.41, 5.74) is -1.23. The Labute approximate surface area is 316 Å². The third-order valence-electron chi connectivity index (χ3n) is 8.43. The second kappa shape index (κ2) is 23.3. The molecule has 4 atom stereocenters. The van der Waals surface area contributed by atoms with Crippen molar-refractivity contribution in [2.24, 2.45) is 0 Å². The first-order chi connectivity index (χ1) is 26.3. The molecule has 1 fully saturated rings. The van der Waals surface area contributed by atoms with Crippen LogP contribution < -0.4 is 26.2 Å². The predicted octanol–water partition coefficient (Wildman–Crippen LogP) is 7.17. The zero-order chi connectivity index (χ0) is 38.4. The molecule has 54 heavy (non-hydrogen) atoms. The number of fused-ring (bicyclic) bond motifs is 1. The minimum atomic E-state index is -4.08. The summed E-state index contributed by atoms with van der Waals surface area (Å²) < 4.78 is 32.9. The molecule has 1 amide bonds. The molecule has 4 rings (SSSR count). The number of carbonyl (C=O) groups is 1. The Kier molecular flexibility index (Phi) is 18.2. The van der Waals surface area contributed by atoms with Gasteiger partial charge in [0.05, 0.1) is 12.7 Å². The number of amides is 1. The molecule has 12 nitrogen and oxygen atoms in total. The van der Waals surface area contributed by atoms with Crippen LogP contribution in [0.25, 0.3) is 10.8 Å². The number of aromatic nitrogens is 2. The van der Waals surface area contributed by atoms with Gasteiger partial charge in [-0.1, -0.05) is 104 Å². The van der Waals surface area contributed by atoms with E-state index < -0.39 is 37.4 Å². The molecule has 1 aliphatic heterocycles. The molecule has 1 aromatic heterocycles. The molecule has 1 unspecified atom stereocenters. The first-order valence-corrected chi connectivity index (χ1v) is 20.2. The van der Waals surface area contributed by atoms with Gasteiger partial charge in [0, 0.05) is 43.6 Å². The Bertz CT molecular complexity index is 1930. The van der Waals surface area contributed by atoms with Crippen molar-refractivity contribution in [3.05, 3.63) is 136 Å². The Morgan fingerprint density at radius 1 is 0.926 bits per heavy atom. The highest BCUT2D eigenvalue weighted by Crippen LogP contribution is 2.46. The molecule has 3 aromatic rings. The first-order valence-electron chi connectivity index (χ1n) is 18.6. The monoisotopic (exact) mass is 760 g/mol. The van der Waals surface area contributed by atoms with Crippen molar-refractivity contribution >= 4 is 24.4 Å². The van der Waals surface area contributed by atoms with Crippen molar-refractivity contribution in [3.8, 4) is 5.75 Å². The highest BCUT2D eigenvalue weighted by atomic mass is 31.2. The van der Waals surface area contributed by atoms with Crippen LogP contribution in [0.15, 0.2) is 125 Å². The van der Waals surface area contributed by atoms with Crippen molar-refractivity contribution < 1.29 is 28.3 Å². The second-order valence-corrected chi connectivity index (χ2v) is 14.4. The van der Waals surface area contributed by atoms with Crippen molar-refractivity contribution in [3.63, 3.8) is 0 Å². The van der Waals surface area contributed by atoms with Crippen molar-refractivity contribution in [1.82, 2.24) is 20.0 Å². The van der Waals surface area contributed by atoms with E-state index in [9.17, 15) is 24.1 Å². The van der Waals surface area contributed by atoms with Gasteiger partial charge in [0.1, 0.15) is 18.1 Å². The highest BCUT2D eigenvalue weighted by Gasteiger charge is 2.38. The summed E-state index contributed by atoms with van der Waals surface area (Å²) in [6, 6.07) is 14.0. The van der Waals surface area contributed by atoms with Gasteiger partial charge in [-0.05, 0) is 56.4 Å². The number of unbranched alkanes of at least 4 members (excludes halogenated alkanes) is 1. The van der Waals surface area contributed by atoms with Gasteiger partial charge < -0.3 is 19.7 Å². The quantitative estimate of drug-likeness (QED) is 0.0446. The SMILES string of the molecule is CC/C=C\C/C=C\C/C=C\C/C=C\C/C=C\CCCC(=O)NCCNP(=O)(OC[C@H]1O[C@@H](n2ccc(=O)[nH]c2=O)C[C@@H]1O)Oc1cccc2ccccc12. The lowest BCUT2D eigenvalue weighted by atomic mass is 10.1. The zero-order valence-electron chi connectivity index (χ0n) is 30.9. The third kappa shape index (κ3) is 14.7. The van der Waals surface area contributed by atoms with Gasteiger partial charge in [-0.3, -0.25) is 23.7 Å². The molecular weight excluding hydrogens is 707 g/mol. The van der Waals surface area contributed by atoms with Gasteiger partial charge in [-0.2, -0.15) is 0 Å². The van der Waals surface area contributed by atoms with E-state index in [1.54, 1.807) is 12.1 Å². The number of rotatable bonds is 23. The predicted molar refractivity (Wildman–Crippen MR) is 213 cm³/mol. The van der Waals surface area contributed by atoms with Crippen LogP contribution in [0.2, 0.25) is 0 Å². The maximum atomic E-state index is 14.1. The van der Waals surface area contributed by atoms with Crippen LogP contribution in [-0.4, -0.2) is 52.5 Å². The van der Waals surface area contributed by atoms with E-state index in [1.807, 2.05) is 30.3 Å². The minimum absolute atomic E-state index is 0.0506. The molecule has 13 heteroatoms. The molecule has 2 aromatic carbocycles. The average Bonchev–Trinajstić information content (AvgIpc) is 3.53. The largest absolute Gasteiger partial charge is 0.458 e. The Morgan fingerprint density at radius 3 is 2.30 bits per heavy atom. The van der Waals surface area contributed by atoms with E-state index >= 15 is 0 Å². The molecule has 0 radical (unpaired) electrons. The molecule has 0 spiro atoms. The molecule has 2 heterocycles. The number of hydrogen-bond acceptors (Lipinski definition) is 8. The number of aromatic amines is 1. The fourth-order valence-electron chi connectivity index (χ4n) is 5.60. The fourth-order valence-corrected chi connectivity index (χ4v) is 6.96. The van der Waals surface area contributed by atoms with Gasteiger partial charge in [-0.25, -0.2) is 14.4 Å². The first kappa shape index (κ1) is 42.2. The van der Waals surface area contributed by atoms with Crippen LogP contribution in [0.1, 0.15) is 70.9 Å². The standard InChI is InChI=1S/C41H53N4O8P/c1-2-3-4-5-6-7-8-9-10-11-12-13-14-15-16-17-18-26-38(47)42-28-29-43-54(50,53-36-25-21-23-33-22-19-20-24-34(33)36)51-32-37-35(46)31-40(52-37)45-30-27-39(48)44-41(45)49/h3-4,6-7,9-10,12-13,15-16,19-25,27,30,35,37,40,46H,2,5,8,11,14,17-18,26,28-29,31-32H2,1H3,(H,42,47)(H,43,50)(H,44,48,49)/b4-3-,7-6-,10-9-,13-12-,16-15-/t35-,37+,40+,54?/m0/s1. The summed E-state index contributed by atoms with van der Waals surface area (Å²) in [5.74, 6) is 0.203.